The lowest BCUT2D eigenvalue weighted by Gasteiger charge is -2.07. The van der Waals surface area contributed by atoms with Gasteiger partial charge in [0.05, 0.1) is 19.8 Å². The Kier molecular flexibility index (Phi) is 6.72. The average molecular weight is 224 g/mol. The third-order valence-electron chi connectivity index (χ3n) is 2.32. The quantitative estimate of drug-likeness (QED) is 0.673. The predicted molar refractivity (Wildman–Crippen MR) is 63.4 cm³/mol. The summed E-state index contributed by atoms with van der Waals surface area (Å²) in [4.78, 5) is 4.10. The van der Waals surface area contributed by atoms with Gasteiger partial charge < -0.3 is 14.8 Å². The zero-order valence-electron chi connectivity index (χ0n) is 10.0. The average Bonchev–Trinajstić information content (AvgIpc) is 2.30. The van der Waals surface area contributed by atoms with Crippen molar-refractivity contribution in [2.45, 2.75) is 13.5 Å². The van der Waals surface area contributed by atoms with Gasteiger partial charge in [0, 0.05) is 32.6 Å². The van der Waals surface area contributed by atoms with Gasteiger partial charge in [-0.15, -0.1) is 0 Å². The van der Waals surface area contributed by atoms with Crippen LogP contribution < -0.4 is 5.32 Å². The maximum absolute atomic E-state index is 5.34. The molecule has 0 spiro atoms. The lowest BCUT2D eigenvalue weighted by Crippen LogP contribution is -2.20. The van der Waals surface area contributed by atoms with Crippen LogP contribution in [0.3, 0.4) is 0 Å². The highest BCUT2D eigenvalue weighted by Gasteiger charge is 1.96. The maximum atomic E-state index is 5.34. The van der Waals surface area contributed by atoms with E-state index in [0.717, 1.165) is 13.1 Å². The van der Waals surface area contributed by atoms with Crippen molar-refractivity contribution in [2.24, 2.45) is 0 Å². The molecular weight excluding hydrogens is 204 g/mol. The summed E-state index contributed by atoms with van der Waals surface area (Å²) in [7, 11) is 1.67. The number of ether oxygens (including phenoxy) is 2. The molecule has 1 aromatic heterocycles. The summed E-state index contributed by atoms with van der Waals surface area (Å²) < 4.78 is 10.2. The summed E-state index contributed by atoms with van der Waals surface area (Å²) in [6.45, 7) is 5.80. The summed E-state index contributed by atoms with van der Waals surface area (Å²) in [5.74, 6) is 0. The smallest absolute Gasteiger partial charge is 0.0700 e. The van der Waals surface area contributed by atoms with Gasteiger partial charge in [0.1, 0.15) is 0 Å². The zero-order chi connectivity index (χ0) is 11.6. The number of rotatable bonds is 8. The van der Waals surface area contributed by atoms with Crippen LogP contribution in [0.5, 0.6) is 0 Å². The second-order valence-corrected chi connectivity index (χ2v) is 3.58. The molecule has 16 heavy (non-hydrogen) atoms. The molecule has 4 heteroatoms. The van der Waals surface area contributed by atoms with Crippen LogP contribution in [0.1, 0.15) is 11.1 Å². The Balaban J connectivity index is 2.05. The van der Waals surface area contributed by atoms with Gasteiger partial charge in [0.15, 0.2) is 0 Å². The number of pyridine rings is 1. The molecule has 0 aliphatic heterocycles. The van der Waals surface area contributed by atoms with Gasteiger partial charge in [-0.2, -0.15) is 0 Å². The Bertz CT molecular complexity index is 292. The van der Waals surface area contributed by atoms with Crippen LogP contribution in [0.25, 0.3) is 0 Å². The molecule has 1 N–H and O–H groups in total. The van der Waals surface area contributed by atoms with E-state index in [2.05, 4.69) is 17.2 Å². The lowest BCUT2D eigenvalue weighted by molar-refractivity contribution is 0.0719. The molecule has 0 saturated carbocycles. The Morgan fingerprint density at radius 2 is 2.19 bits per heavy atom. The molecule has 0 amide bonds. The summed E-state index contributed by atoms with van der Waals surface area (Å²) >= 11 is 0. The van der Waals surface area contributed by atoms with Gasteiger partial charge >= 0.3 is 0 Å². The highest BCUT2D eigenvalue weighted by molar-refractivity contribution is 5.20. The number of aryl methyl sites for hydroxylation is 1. The first kappa shape index (κ1) is 13.1. The highest BCUT2D eigenvalue weighted by Crippen LogP contribution is 2.03. The molecule has 1 heterocycles. The number of hydrogen-bond acceptors (Lipinski definition) is 4. The first-order chi connectivity index (χ1) is 7.84. The SMILES string of the molecule is COCCOCCNCc1cnccc1C. The molecule has 90 valence electrons. The van der Waals surface area contributed by atoms with Crippen LogP contribution in [0.4, 0.5) is 0 Å². The summed E-state index contributed by atoms with van der Waals surface area (Å²) in [5.41, 5.74) is 2.50. The highest BCUT2D eigenvalue weighted by atomic mass is 16.5. The number of hydrogen-bond donors (Lipinski definition) is 1. The molecule has 0 unspecified atom stereocenters. The summed E-state index contributed by atoms with van der Waals surface area (Å²) in [6.07, 6.45) is 3.71. The number of nitrogens with zero attached hydrogens (tertiary/aromatic N) is 1. The van der Waals surface area contributed by atoms with E-state index in [-0.39, 0.29) is 0 Å². The van der Waals surface area contributed by atoms with E-state index in [9.17, 15) is 0 Å². The first-order valence-corrected chi connectivity index (χ1v) is 5.51. The molecule has 0 aliphatic rings. The molecule has 1 aromatic rings. The monoisotopic (exact) mass is 224 g/mol. The van der Waals surface area contributed by atoms with Crippen LogP contribution in [0, 0.1) is 6.92 Å². The number of methoxy groups -OCH3 is 1. The van der Waals surface area contributed by atoms with Crippen LogP contribution in [-0.4, -0.2) is 38.5 Å². The van der Waals surface area contributed by atoms with E-state index < -0.39 is 0 Å². The Morgan fingerprint density at radius 1 is 1.31 bits per heavy atom. The van der Waals surface area contributed by atoms with Gasteiger partial charge in [-0.1, -0.05) is 0 Å². The van der Waals surface area contributed by atoms with Crippen molar-refractivity contribution >= 4 is 0 Å². The summed E-state index contributed by atoms with van der Waals surface area (Å²) in [5, 5.41) is 3.31. The molecule has 1 rings (SSSR count). The van der Waals surface area contributed by atoms with Gasteiger partial charge in [0.2, 0.25) is 0 Å². The van der Waals surface area contributed by atoms with Crippen molar-refractivity contribution in [1.29, 1.82) is 0 Å². The fraction of sp³-hybridized carbons (Fsp3) is 0.583. The predicted octanol–water partition coefficient (Wildman–Crippen LogP) is 1.14. The molecule has 4 nitrogen and oxygen atoms in total. The van der Waals surface area contributed by atoms with E-state index in [1.807, 2.05) is 18.5 Å². The first-order valence-electron chi connectivity index (χ1n) is 5.51. The van der Waals surface area contributed by atoms with Crippen molar-refractivity contribution in [3.05, 3.63) is 29.6 Å². The molecular formula is C12H20N2O2. The Hall–Kier alpha value is -0.970. The molecule has 0 aliphatic carbocycles. The fourth-order valence-electron chi connectivity index (χ4n) is 1.29. The maximum Gasteiger partial charge on any atom is 0.0700 e. The van der Waals surface area contributed by atoms with Crippen LogP contribution in [0.15, 0.2) is 18.5 Å². The molecule has 0 fully saturated rings. The largest absolute Gasteiger partial charge is 0.382 e. The zero-order valence-corrected chi connectivity index (χ0v) is 10.0. The number of nitrogens with one attached hydrogen (secondary N) is 1. The van der Waals surface area contributed by atoms with Gasteiger partial charge in [-0.25, -0.2) is 0 Å². The van der Waals surface area contributed by atoms with Crippen molar-refractivity contribution in [3.63, 3.8) is 0 Å². The topological polar surface area (TPSA) is 43.4 Å². The van der Waals surface area contributed by atoms with E-state index in [0.29, 0.717) is 19.8 Å². The van der Waals surface area contributed by atoms with Crippen molar-refractivity contribution in [2.75, 3.05) is 33.5 Å². The minimum Gasteiger partial charge on any atom is -0.382 e. The fourth-order valence-corrected chi connectivity index (χ4v) is 1.29. The van der Waals surface area contributed by atoms with Crippen molar-refractivity contribution in [3.8, 4) is 0 Å². The molecule has 0 radical (unpaired) electrons. The van der Waals surface area contributed by atoms with Crippen molar-refractivity contribution in [1.82, 2.24) is 10.3 Å². The molecule has 0 aromatic carbocycles. The van der Waals surface area contributed by atoms with Crippen LogP contribution in [0.2, 0.25) is 0 Å². The Morgan fingerprint density at radius 3 is 2.94 bits per heavy atom. The van der Waals surface area contributed by atoms with Gasteiger partial charge in [-0.3, -0.25) is 4.98 Å². The van der Waals surface area contributed by atoms with Crippen molar-refractivity contribution < 1.29 is 9.47 Å². The minimum absolute atomic E-state index is 0.654. The van der Waals surface area contributed by atoms with Crippen LogP contribution in [-0.2, 0) is 16.0 Å². The second kappa shape index (κ2) is 8.21. The normalized spacial score (nSPS) is 10.6. The number of aromatic nitrogens is 1. The van der Waals surface area contributed by atoms with E-state index in [1.54, 1.807) is 7.11 Å². The van der Waals surface area contributed by atoms with Crippen LogP contribution >= 0.6 is 0 Å². The van der Waals surface area contributed by atoms with E-state index in [1.165, 1.54) is 11.1 Å². The standard InChI is InChI=1S/C12H20N2O2/c1-11-3-4-13-9-12(11)10-14-5-6-16-8-7-15-2/h3-4,9,14H,5-8,10H2,1-2H3. The third-order valence-corrected chi connectivity index (χ3v) is 2.32. The van der Waals surface area contributed by atoms with Gasteiger partial charge in [0.25, 0.3) is 0 Å². The molecule has 0 atom stereocenters. The van der Waals surface area contributed by atoms with E-state index >= 15 is 0 Å². The Labute approximate surface area is 97.0 Å². The van der Waals surface area contributed by atoms with E-state index in [4.69, 9.17) is 9.47 Å². The summed E-state index contributed by atoms with van der Waals surface area (Å²) in [6, 6.07) is 2.02. The minimum atomic E-state index is 0.654. The lowest BCUT2D eigenvalue weighted by atomic mass is 10.2. The van der Waals surface area contributed by atoms with Gasteiger partial charge in [-0.05, 0) is 24.1 Å². The molecule has 0 bridgehead atoms. The second-order valence-electron chi connectivity index (χ2n) is 3.58. The molecule has 0 saturated heterocycles. The third kappa shape index (κ3) is 5.21.